The lowest BCUT2D eigenvalue weighted by atomic mass is 10.1. The van der Waals surface area contributed by atoms with E-state index in [1.54, 1.807) is 0 Å². The summed E-state index contributed by atoms with van der Waals surface area (Å²) in [7, 11) is 1.83. The van der Waals surface area contributed by atoms with Crippen LogP contribution in [0.2, 0.25) is 0 Å². The highest BCUT2D eigenvalue weighted by Crippen LogP contribution is 2.21. The maximum absolute atomic E-state index is 11.5. The predicted molar refractivity (Wildman–Crippen MR) is 75.3 cm³/mol. The van der Waals surface area contributed by atoms with E-state index in [1.807, 2.05) is 43.1 Å². The van der Waals surface area contributed by atoms with Crippen molar-refractivity contribution in [3.8, 4) is 0 Å². The highest BCUT2D eigenvalue weighted by Gasteiger charge is 2.18. The van der Waals surface area contributed by atoms with Crippen molar-refractivity contribution in [2.75, 3.05) is 26.7 Å². The average molecular weight is 315 g/mol. The molecule has 0 aromatic heterocycles. The van der Waals surface area contributed by atoms with Crippen LogP contribution in [0.25, 0.3) is 0 Å². The summed E-state index contributed by atoms with van der Waals surface area (Å²) in [6.45, 7) is 2.75. The summed E-state index contributed by atoms with van der Waals surface area (Å²) in [4.78, 5) is 13.4. The van der Waals surface area contributed by atoms with E-state index in [4.69, 9.17) is 0 Å². The normalized spacial score (nSPS) is 12.5. The molecule has 0 aliphatic carbocycles. The maximum Gasteiger partial charge on any atom is 0.234 e. The molecule has 0 fully saturated rings. The zero-order chi connectivity index (χ0) is 13.5. The number of benzene rings is 1. The van der Waals surface area contributed by atoms with E-state index in [1.165, 1.54) is 0 Å². The lowest BCUT2D eigenvalue weighted by Crippen LogP contribution is -2.38. The van der Waals surface area contributed by atoms with Gasteiger partial charge in [0.15, 0.2) is 0 Å². The first-order valence-corrected chi connectivity index (χ1v) is 6.71. The molecule has 1 atom stereocenters. The largest absolute Gasteiger partial charge is 0.394 e. The van der Waals surface area contributed by atoms with Crippen LogP contribution in [0.15, 0.2) is 28.7 Å². The smallest absolute Gasteiger partial charge is 0.234 e. The van der Waals surface area contributed by atoms with Crippen LogP contribution in [-0.2, 0) is 4.79 Å². The van der Waals surface area contributed by atoms with Crippen LogP contribution in [-0.4, -0.2) is 42.7 Å². The second-order valence-corrected chi connectivity index (χ2v) is 5.04. The molecule has 0 spiro atoms. The fourth-order valence-corrected chi connectivity index (χ4v) is 2.22. The number of halogens is 1. The fourth-order valence-electron chi connectivity index (χ4n) is 1.80. The van der Waals surface area contributed by atoms with E-state index in [-0.39, 0.29) is 25.1 Å². The summed E-state index contributed by atoms with van der Waals surface area (Å²) in [5, 5.41) is 12.2. The number of carbonyl (C=O) groups is 1. The second kappa shape index (κ2) is 7.51. The Balaban J connectivity index is 2.73. The molecule has 18 heavy (non-hydrogen) atoms. The lowest BCUT2D eigenvalue weighted by molar-refractivity contribution is -0.122. The minimum Gasteiger partial charge on any atom is -0.394 e. The van der Waals surface area contributed by atoms with Gasteiger partial charge in [0.25, 0.3) is 0 Å². The molecule has 0 bridgehead atoms. The van der Waals surface area contributed by atoms with Gasteiger partial charge < -0.3 is 10.4 Å². The topological polar surface area (TPSA) is 52.6 Å². The third-order valence-electron chi connectivity index (χ3n) is 2.71. The van der Waals surface area contributed by atoms with Crippen LogP contribution < -0.4 is 5.32 Å². The van der Waals surface area contributed by atoms with E-state index in [0.717, 1.165) is 10.0 Å². The van der Waals surface area contributed by atoms with Gasteiger partial charge in [-0.3, -0.25) is 9.69 Å². The summed E-state index contributed by atoms with van der Waals surface area (Å²) in [5.74, 6) is -0.0338. The van der Waals surface area contributed by atoms with Crippen LogP contribution >= 0.6 is 15.9 Å². The van der Waals surface area contributed by atoms with Crippen LogP contribution in [0.4, 0.5) is 0 Å². The number of hydrogen-bond acceptors (Lipinski definition) is 3. The Morgan fingerprint density at radius 2 is 2.28 bits per heavy atom. The summed E-state index contributed by atoms with van der Waals surface area (Å²) in [5.41, 5.74) is 0.985. The molecule has 100 valence electrons. The molecule has 0 aliphatic rings. The SMILES string of the molecule is CCNC(=O)CN(C)C(CO)c1cccc(Br)c1. The van der Waals surface area contributed by atoms with Crippen LogP contribution in [0, 0.1) is 0 Å². The monoisotopic (exact) mass is 314 g/mol. The molecule has 5 heteroatoms. The van der Waals surface area contributed by atoms with E-state index in [2.05, 4.69) is 21.2 Å². The van der Waals surface area contributed by atoms with Gasteiger partial charge in [-0.05, 0) is 31.7 Å². The van der Waals surface area contributed by atoms with Crippen molar-refractivity contribution in [2.24, 2.45) is 0 Å². The Morgan fingerprint density at radius 1 is 1.56 bits per heavy atom. The van der Waals surface area contributed by atoms with Crippen molar-refractivity contribution in [1.82, 2.24) is 10.2 Å². The average Bonchev–Trinajstić information content (AvgIpc) is 2.30. The zero-order valence-electron chi connectivity index (χ0n) is 10.7. The number of rotatable bonds is 6. The Kier molecular flexibility index (Phi) is 6.32. The van der Waals surface area contributed by atoms with Crippen molar-refractivity contribution in [3.63, 3.8) is 0 Å². The zero-order valence-corrected chi connectivity index (χ0v) is 12.3. The molecular weight excluding hydrogens is 296 g/mol. The highest BCUT2D eigenvalue weighted by molar-refractivity contribution is 9.10. The number of nitrogens with zero attached hydrogens (tertiary/aromatic N) is 1. The molecule has 1 amide bonds. The van der Waals surface area contributed by atoms with E-state index in [9.17, 15) is 9.90 Å². The Morgan fingerprint density at radius 3 is 2.83 bits per heavy atom. The first-order chi connectivity index (χ1) is 8.58. The Bertz CT molecular complexity index is 398. The molecule has 0 saturated carbocycles. The number of amides is 1. The molecule has 4 nitrogen and oxygen atoms in total. The molecule has 0 heterocycles. The maximum atomic E-state index is 11.5. The van der Waals surface area contributed by atoms with Crippen LogP contribution in [0.3, 0.4) is 0 Å². The number of likely N-dealkylation sites (N-methyl/N-ethyl adjacent to an activating group) is 2. The molecule has 1 aromatic rings. The second-order valence-electron chi connectivity index (χ2n) is 4.12. The van der Waals surface area contributed by atoms with Gasteiger partial charge in [-0.15, -0.1) is 0 Å². The summed E-state index contributed by atoms with van der Waals surface area (Å²) in [6, 6.07) is 7.57. The third-order valence-corrected chi connectivity index (χ3v) is 3.20. The first-order valence-electron chi connectivity index (χ1n) is 5.91. The number of carbonyl (C=O) groups excluding carboxylic acids is 1. The molecule has 0 radical (unpaired) electrons. The predicted octanol–water partition coefficient (Wildman–Crippen LogP) is 1.55. The van der Waals surface area contributed by atoms with Gasteiger partial charge >= 0.3 is 0 Å². The highest BCUT2D eigenvalue weighted by atomic mass is 79.9. The molecule has 1 aromatic carbocycles. The number of aliphatic hydroxyl groups is 1. The van der Waals surface area contributed by atoms with Crippen molar-refractivity contribution < 1.29 is 9.90 Å². The van der Waals surface area contributed by atoms with Gasteiger partial charge in [-0.1, -0.05) is 28.1 Å². The first kappa shape index (κ1) is 15.1. The molecule has 1 rings (SSSR count). The number of aliphatic hydroxyl groups excluding tert-OH is 1. The van der Waals surface area contributed by atoms with Gasteiger partial charge in [0.05, 0.1) is 19.2 Å². The van der Waals surface area contributed by atoms with E-state index >= 15 is 0 Å². The van der Waals surface area contributed by atoms with Crippen molar-refractivity contribution in [1.29, 1.82) is 0 Å². The van der Waals surface area contributed by atoms with Gasteiger partial charge in [0, 0.05) is 11.0 Å². The fraction of sp³-hybridized carbons (Fsp3) is 0.462. The van der Waals surface area contributed by atoms with Crippen LogP contribution in [0.1, 0.15) is 18.5 Å². The lowest BCUT2D eigenvalue weighted by Gasteiger charge is -2.26. The quantitative estimate of drug-likeness (QED) is 0.837. The van der Waals surface area contributed by atoms with Gasteiger partial charge in [-0.25, -0.2) is 0 Å². The molecular formula is C13H19BrN2O2. The molecule has 2 N–H and O–H groups in total. The van der Waals surface area contributed by atoms with Gasteiger partial charge in [0.2, 0.25) is 5.91 Å². The van der Waals surface area contributed by atoms with Crippen molar-refractivity contribution in [3.05, 3.63) is 34.3 Å². The summed E-state index contributed by atoms with van der Waals surface area (Å²) in [6.07, 6.45) is 0. The standard InChI is InChI=1S/C13H19BrN2O2/c1-3-15-13(18)8-16(2)12(9-17)10-5-4-6-11(14)7-10/h4-7,12,17H,3,8-9H2,1-2H3,(H,15,18). The number of hydrogen-bond donors (Lipinski definition) is 2. The molecule has 1 unspecified atom stereocenters. The van der Waals surface area contributed by atoms with Crippen LogP contribution in [0.5, 0.6) is 0 Å². The summed E-state index contributed by atoms with van der Waals surface area (Å²) >= 11 is 3.41. The molecule has 0 saturated heterocycles. The number of nitrogens with one attached hydrogen (secondary N) is 1. The van der Waals surface area contributed by atoms with Crippen molar-refractivity contribution in [2.45, 2.75) is 13.0 Å². The minimum absolute atomic E-state index is 0.0215. The third kappa shape index (κ3) is 4.40. The summed E-state index contributed by atoms with van der Waals surface area (Å²) < 4.78 is 0.963. The Hall–Kier alpha value is -0.910. The molecule has 0 aliphatic heterocycles. The van der Waals surface area contributed by atoms with E-state index in [0.29, 0.717) is 6.54 Å². The van der Waals surface area contributed by atoms with Gasteiger partial charge in [0.1, 0.15) is 0 Å². The van der Waals surface area contributed by atoms with Gasteiger partial charge in [-0.2, -0.15) is 0 Å². The minimum atomic E-state index is -0.176. The van der Waals surface area contributed by atoms with E-state index < -0.39 is 0 Å². The van der Waals surface area contributed by atoms with Crippen molar-refractivity contribution >= 4 is 21.8 Å². The Labute approximate surface area is 116 Å².